The Labute approximate surface area is 141 Å². The van der Waals surface area contributed by atoms with E-state index >= 15 is 0 Å². The fourth-order valence-corrected chi connectivity index (χ4v) is 3.36. The molecule has 2 heteroatoms. The summed E-state index contributed by atoms with van der Waals surface area (Å²) >= 11 is 0. The summed E-state index contributed by atoms with van der Waals surface area (Å²) in [5.74, 6) is 0. The van der Waals surface area contributed by atoms with Crippen LogP contribution >= 0.6 is 0 Å². The standard InChI is InChI=1S/C21H30N2/c1-3-5-9-19(4-2)17-23-14-12-21(18-22,13-15-23)16-20-10-7-6-8-11-20/h3-11H,1,12-18,22H2,2H3/b9-5-,19-4+. The summed E-state index contributed by atoms with van der Waals surface area (Å²) in [5.41, 5.74) is 9.21. The monoisotopic (exact) mass is 310 g/mol. The van der Waals surface area contributed by atoms with E-state index in [0.29, 0.717) is 0 Å². The SMILES string of the molecule is C=C/C=C\C(=C/C)CN1CCC(CN)(Cc2ccccc2)CC1. The van der Waals surface area contributed by atoms with Crippen molar-refractivity contribution < 1.29 is 0 Å². The highest BCUT2D eigenvalue weighted by Gasteiger charge is 2.33. The second-order valence-electron chi connectivity index (χ2n) is 6.60. The van der Waals surface area contributed by atoms with Crippen LogP contribution in [0.2, 0.25) is 0 Å². The molecular formula is C21H30N2. The topological polar surface area (TPSA) is 29.3 Å². The lowest BCUT2D eigenvalue weighted by molar-refractivity contribution is 0.117. The number of piperidine rings is 1. The molecule has 1 aromatic rings. The largest absolute Gasteiger partial charge is 0.330 e. The summed E-state index contributed by atoms with van der Waals surface area (Å²) in [5, 5.41) is 0. The highest BCUT2D eigenvalue weighted by Crippen LogP contribution is 2.34. The zero-order valence-electron chi connectivity index (χ0n) is 14.4. The minimum atomic E-state index is 0.269. The lowest BCUT2D eigenvalue weighted by Crippen LogP contribution is -2.45. The number of nitrogens with zero attached hydrogens (tertiary/aromatic N) is 1. The van der Waals surface area contributed by atoms with Crippen LogP contribution in [0.3, 0.4) is 0 Å². The third kappa shape index (κ3) is 5.19. The van der Waals surface area contributed by atoms with Gasteiger partial charge in [0.05, 0.1) is 0 Å². The summed E-state index contributed by atoms with van der Waals surface area (Å²) in [6.45, 7) is 9.90. The van der Waals surface area contributed by atoms with E-state index in [1.54, 1.807) is 0 Å². The van der Waals surface area contributed by atoms with Crippen LogP contribution in [0.4, 0.5) is 0 Å². The number of hydrogen-bond donors (Lipinski definition) is 1. The molecule has 0 amide bonds. The normalized spacial score (nSPS) is 19.1. The molecule has 0 spiro atoms. The van der Waals surface area contributed by atoms with E-state index in [9.17, 15) is 0 Å². The molecule has 1 saturated heterocycles. The zero-order valence-corrected chi connectivity index (χ0v) is 14.4. The molecule has 23 heavy (non-hydrogen) atoms. The van der Waals surface area contributed by atoms with E-state index in [2.05, 4.69) is 60.9 Å². The minimum Gasteiger partial charge on any atom is -0.330 e. The van der Waals surface area contributed by atoms with Crippen LogP contribution in [0.5, 0.6) is 0 Å². The van der Waals surface area contributed by atoms with E-state index in [-0.39, 0.29) is 5.41 Å². The molecule has 2 nitrogen and oxygen atoms in total. The molecule has 0 aromatic heterocycles. The molecule has 1 aliphatic heterocycles. The molecular weight excluding hydrogens is 280 g/mol. The van der Waals surface area contributed by atoms with Gasteiger partial charge in [-0.25, -0.2) is 0 Å². The van der Waals surface area contributed by atoms with Gasteiger partial charge in [-0.15, -0.1) is 0 Å². The second-order valence-corrected chi connectivity index (χ2v) is 6.60. The quantitative estimate of drug-likeness (QED) is 0.772. The Balaban J connectivity index is 1.93. The average molecular weight is 310 g/mol. The first kappa shape index (κ1) is 17.7. The van der Waals surface area contributed by atoms with Crippen LogP contribution < -0.4 is 5.73 Å². The van der Waals surface area contributed by atoms with Crippen molar-refractivity contribution in [3.8, 4) is 0 Å². The average Bonchev–Trinajstić information content (AvgIpc) is 2.61. The zero-order chi connectivity index (χ0) is 16.5. The van der Waals surface area contributed by atoms with Gasteiger partial charge in [-0.05, 0) is 62.4 Å². The van der Waals surface area contributed by atoms with Gasteiger partial charge in [0.15, 0.2) is 0 Å². The van der Waals surface area contributed by atoms with Gasteiger partial charge in [0.1, 0.15) is 0 Å². The third-order valence-electron chi connectivity index (χ3n) is 5.00. The second kappa shape index (κ2) is 8.85. The van der Waals surface area contributed by atoms with Gasteiger partial charge in [0.2, 0.25) is 0 Å². The van der Waals surface area contributed by atoms with Crippen LogP contribution in [0.15, 0.2) is 66.8 Å². The van der Waals surface area contributed by atoms with Crippen molar-refractivity contribution >= 4 is 0 Å². The van der Waals surface area contributed by atoms with Crippen molar-refractivity contribution in [2.45, 2.75) is 26.2 Å². The number of allylic oxidation sites excluding steroid dienone is 3. The molecule has 1 aromatic carbocycles. The molecule has 1 heterocycles. The van der Waals surface area contributed by atoms with Gasteiger partial charge in [-0.3, -0.25) is 4.90 Å². The number of hydrogen-bond acceptors (Lipinski definition) is 2. The molecule has 2 N–H and O–H groups in total. The summed E-state index contributed by atoms with van der Waals surface area (Å²) < 4.78 is 0. The van der Waals surface area contributed by atoms with E-state index in [0.717, 1.165) is 32.6 Å². The predicted octanol–water partition coefficient (Wildman–Crippen LogP) is 3.96. The van der Waals surface area contributed by atoms with E-state index in [1.807, 2.05) is 12.2 Å². The van der Waals surface area contributed by atoms with Crippen LogP contribution in [-0.4, -0.2) is 31.1 Å². The molecule has 0 saturated carbocycles. The smallest absolute Gasteiger partial charge is 0.0230 e. The van der Waals surface area contributed by atoms with Crippen molar-refractivity contribution in [2.75, 3.05) is 26.2 Å². The van der Waals surface area contributed by atoms with E-state index in [4.69, 9.17) is 5.73 Å². The first-order valence-electron chi connectivity index (χ1n) is 8.62. The van der Waals surface area contributed by atoms with Gasteiger partial charge >= 0.3 is 0 Å². The van der Waals surface area contributed by atoms with Crippen molar-refractivity contribution in [3.63, 3.8) is 0 Å². The molecule has 0 aliphatic carbocycles. The molecule has 1 fully saturated rings. The Bertz CT molecular complexity index is 534. The van der Waals surface area contributed by atoms with Crippen molar-refractivity contribution in [1.82, 2.24) is 4.90 Å². The minimum absolute atomic E-state index is 0.269. The van der Waals surface area contributed by atoms with Crippen LogP contribution in [0, 0.1) is 5.41 Å². The molecule has 0 atom stereocenters. The van der Waals surface area contributed by atoms with Crippen molar-refractivity contribution in [2.24, 2.45) is 11.1 Å². The summed E-state index contributed by atoms with van der Waals surface area (Å²) in [4.78, 5) is 2.54. The fourth-order valence-electron chi connectivity index (χ4n) is 3.36. The van der Waals surface area contributed by atoms with Gasteiger partial charge < -0.3 is 5.73 Å². The summed E-state index contributed by atoms with van der Waals surface area (Å²) in [6.07, 6.45) is 11.7. The van der Waals surface area contributed by atoms with Gasteiger partial charge in [0, 0.05) is 6.54 Å². The molecule has 124 valence electrons. The third-order valence-corrected chi connectivity index (χ3v) is 5.00. The summed E-state index contributed by atoms with van der Waals surface area (Å²) in [6, 6.07) is 10.8. The Morgan fingerprint density at radius 1 is 1.26 bits per heavy atom. The van der Waals surface area contributed by atoms with Gasteiger partial charge in [-0.1, -0.05) is 61.2 Å². The van der Waals surface area contributed by atoms with E-state index in [1.165, 1.54) is 24.0 Å². The number of rotatable bonds is 7. The predicted molar refractivity (Wildman–Crippen MR) is 100 cm³/mol. The molecule has 0 bridgehead atoms. The van der Waals surface area contributed by atoms with Crippen molar-refractivity contribution in [3.05, 3.63) is 72.4 Å². The number of benzene rings is 1. The lowest BCUT2D eigenvalue weighted by atomic mass is 9.74. The van der Waals surface area contributed by atoms with E-state index < -0.39 is 0 Å². The van der Waals surface area contributed by atoms with Gasteiger partial charge in [-0.2, -0.15) is 0 Å². The first-order chi connectivity index (χ1) is 11.2. The maximum atomic E-state index is 6.17. The highest BCUT2D eigenvalue weighted by molar-refractivity contribution is 5.23. The number of nitrogens with two attached hydrogens (primary N) is 1. The van der Waals surface area contributed by atoms with Crippen LogP contribution in [-0.2, 0) is 6.42 Å². The Kier molecular flexibility index (Phi) is 6.82. The van der Waals surface area contributed by atoms with Gasteiger partial charge in [0.25, 0.3) is 0 Å². The Hall–Kier alpha value is -1.64. The lowest BCUT2D eigenvalue weighted by Gasteiger charge is -2.41. The van der Waals surface area contributed by atoms with Crippen molar-refractivity contribution in [1.29, 1.82) is 0 Å². The number of likely N-dealkylation sites (tertiary alicyclic amines) is 1. The maximum Gasteiger partial charge on any atom is 0.0230 e. The van der Waals surface area contributed by atoms with Crippen LogP contribution in [0.1, 0.15) is 25.3 Å². The first-order valence-corrected chi connectivity index (χ1v) is 8.62. The van der Waals surface area contributed by atoms with Crippen LogP contribution in [0.25, 0.3) is 0 Å². The summed E-state index contributed by atoms with van der Waals surface area (Å²) in [7, 11) is 0. The molecule has 2 rings (SSSR count). The Morgan fingerprint density at radius 3 is 2.52 bits per heavy atom. The fraction of sp³-hybridized carbons (Fsp3) is 0.429. The Morgan fingerprint density at radius 2 is 1.96 bits per heavy atom. The molecule has 1 aliphatic rings. The molecule has 0 unspecified atom stereocenters. The molecule has 0 radical (unpaired) electrons. The maximum absolute atomic E-state index is 6.17. The highest BCUT2D eigenvalue weighted by atomic mass is 15.1.